The van der Waals surface area contributed by atoms with Crippen molar-refractivity contribution in [3.8, 4) is 0 Å². The van der Waals surface area contributed by atoms with Crippen LogP contribution in [-0.4, -0.2) is 36.6 Å². The number of rotatable bonds is 5. The van der Waals surface area contributed by atoms with Gasteiger partial charge < -0.3 is 16.0 Å². The third-order valence-corrected chi connectivity index (χ3v) is 3.57. The highest BCUT2D eigenvalue weighted by atomic mass is 16.1. The Morgan fingerprint density at radius 3 is 2.90 bits per heavy atom. The molecule has 1 aromatic rings. The normalized spacial score (nSPS) is 16.8. The van der Waals surface area contributed by atoms with Gasteiger partial charge in [0.15, 0.2) is 0 Å². The van der Waals surface area contributed by atoms with E-state index in [-0.39, 0.29) is 11.9 Å². The highest BCUT2D eigenvalue weighted by Crippen LogP contribution is 2.21. The number of hydrogen-bond donors (Lipinski definition) is 2. The van der Waals surface area contributed by atoms with Crippen molar-refractivity contribution in [3.05, 3.63) is 23.9 Å². The summed E-state index contributed by atoms with van der Waals surface area (Å²) in [5, 5.41) is 2.92. The molecule has 5 heteroatoms. The van der Waals surface area contributed by atoms with Gasteiger partial charge in [-0.05, 0) is 44.7 Å². The molecule has 5 nitrogen and oxygen atoms in total. The Morgan fingerprint density at radius 2 is 2.20 bits per heavy atom. The summed E-state index contributed by atoms with van der Waals surface area (Å²) in [6.07, 6.45) is 6.14. The van der Waals surface area contributed by atoms with E-state index < -0.39 is 0 Å². The number of piperidine rings is 1. The molecule has 1 unspecified atom stereocenters. The van der Waals surface area contributed by atoms with Crippen LogP contribution in [0.1, 0.15) is 43.0 Å². The van der Waals surface area contributed by atoms with Crippen molar-refractivity contribution in [1.82, 2.24) is 10.3 Å². The minimum absolute atomic E-state index is 0.0562. The van der Waals surface area contributed by atoms with E-state index in [2.05, 4.69) is 15.2 Å². The fraction of sp³-hybridized carbons (Fsp3) is 0.600. The van der Waals surface area contributed by atoms with E-state index >= 15 is 0 Å². The number of carbonyl (C=O) groups is 1. The van der Waals surface area contributed by atoms with Crippen LogP contribution in [0.3, 0.4) is 0 Å². The van der Waals surface area contributed by atoms with Gasteiger partial charge in [0.25, 0.3) is 5.91 Å². The SMILES string of the molecule is CC(N)CCNC(=O)c1cccnc1N1CCCCC1. The van der Waals surface area contributed by atoms with Crippen molar-refractivity contribution < 1.29 is 4.79 Å². The fourth-order valence-electron chi connectivity index (χ4n) is 2.44. The van der Waals surface area contributed by atoms with Crippen LogP contribution in [-0.2, 0) is 0 Å². The first-order valence-electron chi connectivity index (χ1n) is 7.42. The third kappa shape index (κ3) is 3.93. The van der Waals surface area contributed by atoms with Crippen LogP contribution in [0.4, 0.5) is 5.82 Å². The first kappa shape index (κ1) is 14.8. The first-order chi connectivity index (χ1) is 9.68. The van der Waals surface area contributed by atoms with Crippen LogP contribution in [0.2, 0.25) is 0 Å². The van der Waals surface area contributed by atoms with Gasteiger partial charge in [-0.25, -0.2) is 4.98 Å². The van der Waals surface area contributed by atoms with Gasteiger partial charge in [-0.3, -0.25) is 4.79 Å². The Morgan fingerprint density at radius 1 is 1.45 bits per heavy atom. The van der Waals surface area contributed by atoms with Gasteiger partial charge in [0.05, 0.1) is 5.56 Å². The summed E-state index contributed by atoms with van der Waals surface area (Å²) in [6.45, 7) is 4.51. The first-order valence-corrected chi connectivity index (χ1v) is 7.42. The van der Waals surface area contributed by atoms with Gasteiger partial charge in [0.2, 0.25) is 0 Å². The van der Waals surface area contributed by atoms with Crippen LogP contribution in [0.25, 0.3) is 0 Å². The lowest BCUT2D eigenvalue weighted by Gasteiger charge is -2.29. The Labute approximate surface area is 120 Å². The Bertz CT molecular complexity index is 441. The average Bonchev–Trinajstić information content (AvgIpc) is 2.47. The highest BCUT2D eigenvalue weighted by Gasteiger charge is 2.19. The van der Waals surface area contributed by atoms with Gasteiger partial charge in [0, 0.05) is 31.9 Å². The van der Waals surface area contributed by atoms with E-state index in [1.54, 1.807) is 6.20 Å². The summed E-state index contributed by atoms with van der Waals surface area (Å²) >= 11 is 0. The maximum absolute atomic E-state index is 12.3. The topological polar surface area (TPSA) is 71.2 Å². The van der Waals surface area contributed by atoms with E-state index in [0.29, 0.717) is 12.1 Å². The highest BCUT2D eigenvalue weighted by molar-refractivity contribution is 5.98. The molecule has 2 heterocycles. The molecule has 0 bridgehead atoms. The zero-order valence-corrected chi connectivity index (χ0v) is 12.1. The standard InChI is InChI=1S/C15H24N4O/c1-12(16)7-9-18-15(20)13-6-5-8-17-14(13)19-10-3-2-4-11-19/h5-6,8,12H,2-4,7,9-11,16H2,1H3,(H,18,20). The van der Waals surface area contributed by atoms with Gasteiger partial charge in [-0.15, -0.1) is 0 Å². The minimum atomic E-state index is -0.0562. The maximum Gasteiger partial charge on any atom is 0.255 e. The van der Waals surface area contributed by atoms with Crippen molar-refractivity contribution in [2.24, 2.45) is 5.73 Å². The smallest absolute Gasteiger partial charge is 0.255 e. The number of pyridine rings is 1. The molecule has 3 N–H and O–H groups in total. The fourth-order valence-corrected chi connectivity index (χ4v) is 2.44. The lowest BCUT2D eigenvalue weighted by atomic mass is 10.1. The lowest BCUT2D eigenvalue weighted by molar-refractivity contribution is 0.0953. The van der Waals surface area contributed by atoms with Gasteiger partial charge in [-0.1, -0.05) is 0 Å². The number of nitrogens with two attached hydrogens (primary N) is 1. The average molecular weight is 276 g/mol. The predicted octanol–water partition coefficient (Wildman–Crippen LogP) is 1.54. The molecule has 1 saturated heterocycles. The van der Waals surface area contributed by atoms with E-state index in [1.807, 2.05) is 19.1 Å². The molecule has 0 saturated carbocycles. The largest absolute Gasteiger partial charge is 0.356 e. The van der Waals surface area contributed by atoms with E-state index in [0.717, 1.165) is 25.3 Å². The van der Waals surface area contributed by atoms with Crippen molar-refractivity contribution in [2.45, 2.75) is 38.6 Å². The van der Waals surface area contributed by atoms with Crippen LogP contribution in [0.5, 0.6) is 0 Å². The second kappa shape index (κ2) is 7.24. The molecule has 110 valence electrons. The molecular weight excluding hydrogens is 252 g/mol. The molecule has 20 heavy (non-hydrogen) atoms. The van der Waals surface area contributed by atoms with Crippen molar-refractivity contribution >= 4 is 11.7 Å². The molecular formula is C15H24N4O. The van der Waals surface area contributed by atoms with Gasteiger partial charge in [-0.2, -0.15) is 0 Å². The van der Waals surface area contributed by atoms with Crippen molar-refractivity contribution in [3.63, 3.8) is 0 Å². The van der Waals surface area contributed by atoms with E-state index in [9.17, 15) is 4.79 Å². The van der Waals surface area contributed by atoms with Crippen molar-refractivity contribution in [1.29, 1.82) is 0 Å². The summed E-state index contributed by atoms with van der Waals surface area (Å²) in [4.78, 5) is 18.9. The van der Waals surface area contributed by atoms with Gasteiger partial charge in [0.1, 0.15) is 5.82 Å². The summed E-state index contributed by atoms with van der Waals surface area (Å²) in [5.74, 6) is 0.754. The molecule has 1 aromatic heterocycles. The minimum Gasteiger partial charge on any atom is -0.356 e. The second-order valence-electron chi connectivity index (χ2n) is 5.44. The molecule has 0 aliphatic carbocycles. The molecule has 1 amide bonds. The number of amides is 1. The summed E-state index contributed by atoms with van der Waals surface area (Å²) in [6, 6.07) is 3.76. The molecule has 1 atom stereocenters. The number of aromatic nitrogens is 1. The summed E-state index contributed by atoms with van der Waals surface area (Å²) < 4.78 is 0. The molecule has 2 rings (SSSR count). The Balaban J connectivity index is 2.04. The zero-order chi connectivity index (χ0) is 14.4. The quantitative estimate of drug-likeness (QED) is 0.855. The number of anilines is 1. The molecule has 1 aliphatic rings. The van der Waals surface area contributed by atoms with Crippen LogP contribution in [0, 0.1) is 0 Å². The van der Waals surface area contributed by atoms with E-state index in [4.69, 9.17) is 5.73 Å². The number of carbonyl (C=O) groups excluding carboxylic acids is 1. The number of nitrogens with zero attached hydrogens (tertiary/aromatic N) is 2. The predicted molar refractivity (Wildman–Crippen MR) is 80.9 cm³/mol. The van der Waals surface area contributed by atoms with Crippen LogP contribution in [0.15, 0.2) is 18.3 Å². The maximum atomic E-state index is 12.3. The monoisotopic (exact) mass is 276 g/mol. The second-order valence-corrected chi connectivity index (χ2v) is 5.44. The number of nitrogens with one attached hydrogen (secondary N) is 1. The van der Waals surface area contributed by atoms with Crippen LogP contribution < -0.4 is 16.0 Å². The summed E-state index contributed by atoms with van der Waals surface area (Å²) in [7, 11) is 0. The zero-order valence-electron chi connectivity index (χ0n) is 12.1. The van der Waals surface area contributed by atoms with Gasteiger partial charge >= 0.3 is 0 Å². The molecule has 1 fully saturated rings. The van der Waals surface area contributed by atoms with Crippen molar-refractivity contribution in [2.75, 3.05) is 24.5 Å². The number of hydrogen-bond acceptors (Lipinski definition) is 4. The van der Waals surface area contributed by atoms with Crippen LogP contribution >= 0.6 is 0 Å². The van der Waals surface area contributed by atoms with E-state index in [1.165, 1.54) is 19.3 Å². The molecule has 0 aromatic carbocycles. The molecule has 0 radical (unpaired) electrons. The molecule has 0 spiro atoms. The Kier molecular flexibility index (Phi) is 5.35. The lowest BCUT2D eigenvalue weighted by Crippen LogP contribution is -2.34. The summed E-state index contributed by atoms with van der Waals surface area (Å²) in [5.41, 5.74) is 6.36. The molecule has 1 aliphatic heterocycles. The Hall–Kier alpha value is -1.62. The third-order valence-electron chi connectivity index (χ3n) is 3.57.